The van der Waals surface area contributed by atoms with E-state index in [2.05, 4.69) is 5.32 Å². The van der Waals surface area contributed by atoms with Crippen LogP contribution in [-0.4, -0.2) is 42.2 Å². The van der Waals surface area contributed by atoms with Gasteiger partial charge in [0.25, 0.3) is 0 Å². The Morgan fingerprint density at radius 3 is 2.52 bits per heavy atom. The Kier molecular flexibility index (Phi) is 4.80. The summed E-state index contributed by atoms with van der Waals surface area (Å²) in [5.74, 6) is -0.155. The van der Waals surface area contributed by atoms with Gasteiger partial charge in [0, 0.05) is 11.6 Å². The summed E-state index contributed by atoms with van der Waals surface area (Å²) in [6.07, 6.45) is -0.258. The minimum absolute atomic E-state index is 0.00973. The van der Waals surface area contributed by atoms with E-state index in [-0.39, 0.29) is 18.2 Å². The first kappa shape index (κ1) is 15.3. The molecule has 6 heteroatoms. The number of Topliss-reactive ketones (excluding diaryl/α,β-unsaturated/α-hetero) is 1. The Bertz CT molecular complexity index is 541. The van der Waals surface area contributed by atoms with E-state index in [1.165, 1.54) is 0 Å². The fourth-order valence-electron chi connectivity index (χ4n) is 2.20. The van der Waals surface area contributed by atoms with Gasteiger partial charge in [-0.1, -0.05) is 13.8 Å². The van der Waals surface area contributed by atoms with Crippen molar-refractivity contribution in [3.63, 3.8) is 0 Å². The number of hydrogen-bond acceptors (Lipinski definition) is 5. The van der Waals surface area contributed by atoms with Crippen molar-refractivity contribution in [2.75, 3.05) is 13.2 Å². The SMILES string of the molecule is CC(C)NC(CC(=O)O)C(=O)c1ccc2c(c1)OCCO2. The summed E-state index contributed by atoms with van der Waals surface area (Å²) in [4.78, 5) is 23.4. The molecule has 1 aromatic carbocycles. The lowest BCUT2D eigenvalue weighted by atomic mass is 10.00. The highest BCUT2D eigenvalue weighted by Crippen LogP contribution is 2.31. The van der Waals surface area contributed by atoms with Crippen molar-refractivity contribution in [3.05, 3.63) is 23.8 Å². The lowest BCUT2D eigenvalue weighted by molar-refractivity contribution is -0.137. The van der Waals surface area contributed by atoms with E-state index in [0.717, 1.165) is 0 Å². The first-order chi connectivity index (χ1) is 9.97. The van der Waals surface area contributed by atoms with Gasteiger partial charge < -0.3 is 19.9 Å². The van der Waals surface area contributed by atoms with Crippen molar-refractivity contribution in [2.45, 2.75) is 32.4 Å². The van der Waals surface area contributed by atoms with Gasteiger partial charge in [0.05, 0.1) is 12.5 Å². The van der Waals surface area contributed by atoms with Crippen molar-refractivity contribution in [3.8, 4) is 11.5 Å². The summed E-state index contributed by atoms with van der Waals surface area (Å²) in [5, 5.41) is 11.9. The smallest absolute Gasteiger partial charge is 0.305 e. The molecule has 1 aliphatic rings. The van der Waals surface area contributed by atoms with E-state index in [1.54, 1.807) is 18.2 Å². The third kappa shape index (κ3) is 3.95. The first-order valence-corrected chi connectivity index (χ1v) is 6.89. The number of hydrogen-bond donors (Lipinski definition) is 2. The average Bonchev–Trinajstić information content (AvgIpc) is 2.44. The average molecular weight is 293 g/mol. The van der Waals surface area contributed by atoms with Gasteiger partial charge in [0.15, 0.2) is 17.3 Å². The highest BCUT2D eigenvalue weighted by Gasteiger charge is 2.25. The summed E-state index contributed by atoms with van der Waals surface area (Å²) in [7, 11) is 0. The van der Waals surface area contributed by atoms with Gasteiger partial charge in [0.1, 0.15) is 13.2 Å². The molecule has 0 saturated carbocycles. The number of aliphatic carboxylic acids is 1. The molecule has 6 nitrogen and oxygen atoms in total. The second-order valence-electron chi connectivity index (χ2n) is 5.19. The Hall–Kier alpha value is -2.08. The van der Waals surface area contributed by atoms with Crippen molar-refractivity contribution < 1.29 is 24.2 Å². The number of nitrogens with one attached hydrogen (secondary N) is 1. The first-order valence-electron chi connectivity index (χ1n) is 6.89. The molecule has 0 aromatic heterocycles. The summed E-state index contributed by atoms with van der Waals surface area (Å²) in [6.45, 7) is 4.65. The third-order valence-corrected chi connectivity index (χ3v) is 3.06. The number of carboxylic acids is 1. The van der Waals surface area contributed by atoms with Gasteiger partial charge in [-0.15, -0.1) is 0 Å². The molecule has 1 unspecified atom stereocenters. The third-order valence-electron chi connectivity index (χ3n) is 3.06. The molecule has 21 heavy (non-hydrogen) atoms. The molecule has 0 spiro atoms. The zero-order valence-corrected chi connectivity index (χ0v) is 12.1. The van der Waals surface area contributed by atoms with E-state index >= 15 is 0 Å². The van der Waals surface area contributed by atoms with Crippen LogP contribution in [0.15, 0.2) is 18.2 Å². The van der Waals surface area contributed by atoms with Crippen molar-refractivity contribution in [1.82, 2.24) is 5.32 Å². The molecular formula is C15H19NO5. The van der Waals surface area contributed by atoms with Crippen LogP contribution in [0.25, 0.3) is 0 Å². The number of carbonyl (C=O) groups is 2. The second kappa shape index (κ2) is 6.58. The minimum Gasteiger partial charge on any atom is -0.486 e. The molecule has 1 aliphatic heterocycles. The zero-order chi connectivity index (χ0) is 15.4. The quantitative estimate of drug-likeness (QED) is 0.773. The maximum atomic E-state index is 12.5. The molecule has 1 heterocycles. The predicted molar refractivity (Wildman–Crippen MR) is 76.1 cm³/mol. The van der Waals surface area contributed by atoms with E-state index in [1.807, 2.05) is 13.8 Å². The normalized spacial score (nSPS) is 14.8. The molecule has 2 rings (SSSR count). The fourth-order valence-corrected chi connectivity index (χ4v) is 2.20. The van der Waals surface area contributed by atoms with Crippen LogP contribution < -0.4 is 14.8 Å². The standard InChI is InChI=1S/C15H19NO5/c1-9(2)16-11(8-14(17)18)15(19)10-3-4-12-13(7-10)21-6-5-20-12/h3-4,7,9,11,16H,5-6,8H2,1-2H3,(H,17,18). The maximum absolute atomic E-state index is 12.5. The lowest BCUT2D eigenvalue weighted by Gasteiger charge is -2.21. The van der Waals surface area contributed by atoms with E-state index in [9.17, 15) is 9.59 Å². The van der Waals surface area contributed by atoms with Crippen LogP contribution in [0.3, 0.4) is 0 Å². The Labute approximate surface area is 123 Å². The van der Waals surface area contributed by atoms with Gasteiger partial charge in [-0.2, -0.15) is 0 Å². The molecular weight excluding hydrogens is 274 g/mol. The Morgan fingerprint density at radius 1 is 1.24 bits per heavy atom. The van der Waals surface area contributed by atoms with Crippen molar-refractivity contribution in [1.29, 1.82) is 0 Å². The number of ether oxygens (including phenoxy) is 2. The van der Waals surface area contributed by atoms with Gasteiger partial charge >= 0.3 is 5.97 Å². The Morgan fingerprint density at radius 2 is 1.90 bits per heavy atom. The number of carbonyl (C=O) groups excluding carboxylic acids is 1. The predicted octanol–water partition coefficient (Wildman–Crippen LogP) is 1.48. The van der Waals surface area contributed by atoms with Crippen LogP contribution in [0.1, 0.15) is 30.6 Å². The molecule has 1 atom stereocenters. The van der Waals surface area contributed by atoms with Gasteiger partial charge in [-0.3, -0.25) is 9.59 Å². The largest absolute Gasteiger partial charge is 0.486 e. The maximum Gasteiger partial charge on any atom is 0.305 e. The van der Waals surface area contributed by atoms with E-state index < -0.39 is 12.0 Å². The number of fused-ring (bicyclic) bond motifs is 1. The van der Waals surface area contributed by atoms with Crippen molar-refractivity contribution >= 4 is 11.8 Å². The van der Waals surface area contributed by atoms with Crippen LogP contribution in [0.2, 0.25) is 0 Å². The Balaban J connectivity index is 2.21. The molecule has 0 fully saturated rings. The monoisotopic (exact) mass is 293 g/mol. The van der Waals surface area contributed by atoms with Gasteiger partial charge in [0.2, 0.25) is 0 Å². The zero-order valence-electron chi connectivity index (χ0n) is 12.1. The molecule has 2 N–H and O–H groups in total. The molecule has 114 valence electrons. The van der Waals surface area contributed by atoms with Crippen LogP contribution in [0.5, 0.6) is 11.5 Å². The number of benzene rings is 1. The molecule has 0 saturated heterocycles. The number of ketones is 1. The summed E-state index contributed by atoms with van der Waals surface area (Å²) in [5.41, 5.74) is 0.415. The highest BCUT2D eigenvalue weighted by molar-refractivity contribution is 6.02. The molecule has 0 aliphatic carbocycles. The van der Waals surface area contributed by atoms with Crippen LogP contribution in [0.4, 0.5) is 0 Å². The van der Waals surface area contributed by atoms with Crippen LogP contribution >= 0.6 is 0 Å². The van der Waals surface area contributed by atoms with E-state index in [0.29, 0.717) is 30.3 Å². The summed E-state index contributed by atoms with van der Waals surface area (Å²) in [6, 6.07) is 4.16. The molecule has 0 amide bonds. The van der Waals surface area contributed by atoms with Gasteiger partial charge in [-0.25, -0.2) is 0 Å². The number of rotatable bonds is 6. The second-order valence-corrected chi connectivity index (χ2v) is 5.19. The summed E-state index contributed by atoms with van der Waals surface area (Å²) < 4.78 is 10.8. The lowest BCUT2D eigenvalue weighted by Crippen LogP contribution is -2.42. The minimum atomic E-state index is -1.01. The molecule has 0 bridgehead atoms. The van der Waals surface area contributed by atoms with Crippen molar-refractivity contribution in [2.24, 2.45) is 0 Å². The van der Waals surface area contributed by atoms with E-state index in [4.69, 9.17) is 14.6 Å². The fraction of sp³-hybridized carbons (Fsp3) is 0.467. The summed E-state index contributed by atoms with van der Waals surface area (Å²) >= 11 is 0. The van der Waals surface area contributed by atoms with Gasteiger partial charge in [-0.05, 0) is 18.2 Å². The molecule has 0 radical (unpaired) electrons. The van der Waals surface area contributed by atoms with Crippen LogP contribution in [0, 0.1) is 0 Å². The topological polar surface area (TPSA) is 84.9 Å². The van der Waals surface area contributed by atoms with Crippen LogP contribution in [-0.2, 0) is 4.79 Å². The number of carboxylic acid groups (broad SMARTS) is 1. The molecule has 1 aromatic rings. The highest BCUT2D eigenvalue weighted by atomic mass is 16.6.